The molecule has 2 aromatic rings. The summed E-state index contributed by atoms with van der Waals surface area (Å²) in [6.45, 7) is 3.25. The molecule has 7 heteroatoms. The fourth-order valence-electron chi connectivity index (χ4n) is 2.84. The van der Waals surface area contributed by atoms with E-state index in [1.807, 2.05) is 24.3 Å². The first kappa shape index (κ1) is 20.3. The summed E-state index contributed by atoms with van der Waals surface area (Å²) in [5.74, 6) is 1.70. The second kappa shape index (κ2) is 9.66. The SMILES string of the molecule is COCCCOc1ccc(COc2ccc3c(c2)OCC3OC(C)=O)c(Cl)c1. The minimum atomic E-state index is -0.368. The lowest BCUT2D eigenvalue weighted by atomic mass is 10.1. The van der Waals surface area contributed by atoms with E-state index in [4.69, 9.17) is 35.3 Å². The van der Waals surface area contributed by atoms with Gasteiger partial charge in [-0.15, -0.1) is 0 Å². The number of esters is 1. The van der Waals surface area contributed by atoms with Gasteiger partial charge < -0.3 is 23.7 Å². The average molecular weight is 407 g/mol. The van der Waals surface area contributed by atoms with Gasteiger partial charge in [-0.3, -0.25) is 4.79 Å². The average Bonchev–Trinajstić information content (AvgIpc) is 3.06. The van der Waals surface area contributed by atoms with E-state index in [-0.39, 0.29) is 12.1 Å². The first-order valence-electron chi connectivity index (χ1n) is 9.03. The number of halogens is 1. The summed E-state index contributed by atoms with van der Waals surface area (Å²) in [5, 5.41) is 0.580. The lowest BCUT2D eigenvalue weighted by Gasteiger charge is -2.12. The van der Waals surface area contributed by atoms with E-state index in [9.17, 15) is 4.79 Å². The van der Waals surface area contributed by atoms with E-state index >= 15 is 0 Å². The molecule has 150 valence electrons. The molecule has 0 saturated heterocycles. The molecule has 0 N–H and O–H groups in total. The molecule has 0 spiro atoms. The summed E-state index contributed by atoms with van der Waals surface area (Å²) in [5.41, 5.74) is 1.70. The zero-order valence-electron chi connectivity index (χ0n) is 15.9. The molecule has 1 aliphatic rings. The minimum absolute atomic E-state index is 0.314. The van der Waals surface area contributed by atoms with Crippen molar-refractivity contribution in [1.82, 2.24) is 0 Å². The van der Waals surface area contributed by atoms with Crippen LogP contribution in [-0.4, -0.2) is 32.9 Å². The smallest absolute Gasteiger partial charge is 0.303 e. The molecule has 0 aliphatic carbocycles. The predicted molar refractivity (Wildman–Crippen MR) is 104 cm³/mol. The molecule has 28 heavy (non-hydrogen) atoms. The Hall–Kier alpha value is -2.44. The Morgan fingerprint density at radius 3 is 2.68 bits per heavy atom. The van der Waals surface area contributed by atoms with Crippen molar-refractivity contribution in [2.24, 2.45) is 0 Å². The highest BCUT2D eigenvalue weighted by Crippen LogP contribution is 2.37. The molecule has 3 rings (SSSR count). The number of methoxy groups -OCH3 is 1. The predicted octanol–water partition coefficient (Wildman–Crippen LogP) is 4.33. The fraction of sp³-hybridized carbons (Fsp3) is 0.381. The maximum atomic E-state index is 11.1. The van der Waals surface area contributed by atoms with Crippen LogP contribution in [0.1, 0.15) is 30.6 Å². The van der Waals surface area contributed by atoms with Crippen molar-refractivity contribution in [3.63, 3.8) is 0 Å². The maximum absolute atomic E-state index is 11.1. The Labute approximate surface area is 169 Å². The number of ether oxygens (including phenoxy) is 5. The highest BCUT2D eigenvalue weighted by Gasteiger charge is 2.27. The normalized spacial score (nSPS) is 14.9. The summed E-state index contributed by atoms with van der Waals surface area (Å²) in [6, 6.07) is 11.0. The quantitative estimate of drug-likeness (QED) is 0.456. The molecule has 0 saturated carbocycles. The van der Waals surface area contributed by atoms with Crippen molar-refractivity contribution in [2.75, 3.05) is 26.9 Å². The van der Waals surface area contributed by atoms with Crippen molar-refractivity contribution >= 4 is 17.6 Å². The Morgan fingerprint density at radius 1 is 1.14 bits per heavy atom. The Kier molecular flexibility index (Phi) is 7.01. The molecule has 0 radical (unpaired) electrons. The van der Waals surface area contributed by atoms with Gasteiger partial charge in [0.1, 0.15) is 30.5 Å². The second-order valence-corrected chi connectivity index (χ2v) is 6.75. The van der Waals surface area contributed by atoms with Gasteiger partial charge >= 0.3 is 5.97 Å². The summed E-state index contributed by atoms with van der Waals surface area (Å²) in [4.78, 5) is 11.1. The Balaban J connectivity index is 1.56. The third-order valence-electron chi connectivity index (χ3n) is 4.21. The molecule has 1 aliphatic heterocycles. The molecule has 2 aromatic carbocycles. The molecule has 0 amide bonds. The number of rotatable bonds is 9. The standard InChI is InChI=1S/C21H23ClO6/c1-14(23)28-21-13-27-20-11-17(6-7-18(20)21)26-12-15-4-5-16(10-19(15)22)25-9-3-8-24-2/h4-7,10-11,21H,3,8-9,12-13H2,1-2H3. The third kappa shape index (κ3) is 5.30. The Bertz CT molecular complexity index is 823. The number of carbonyl (C=O) groups is 1. The highest BCUT2D eigenvalue weighted by atomic mass is 35.5. The Morgan fingerprint density at radius 2 is 1.93 bits per heavy atom. The lowest BCUT2D eigenvalue weighted by Crippen LogP contribution is -2.09. The summed E-state index contributed by atoms with van der Waals surface area (Å²) >= 11 is 6.34. The molecular formula is C21H23ClO6. The minimum Gasteiger partial charge on any atom is -0.493 e. The molecule has 1 heterocycles. The van der Waals surface area contributed by atoms with Crippen LogP contribution in [0.15, 0.2) is 36.4 Å². The van der Waals surface area contributed by atoms with Gasteiger partial charge in [0.25, 0.3) is 0 Å². The van der Waals surface area contributed by atoms with Crippen LogP contribution in [0, 0.1) is 0 Å². The lowest BCUT2D eigenvalue weighted by molar-refractivity contribution is -0.147. The van der Waals surface area contributed by atoms with Gasteiger partial charge in [-0.1, -0.05) is 17.7 Å². The van der Waals surface area contributed by atoms with E-state index in [0.717, 1.165) is 17.5 Å². The van der Waals surface area contributed by atoms with Gasteiger partial charge in [0.15, 0.2) is 6.10 Å². The van der Waals surface area contributed by atoms with Crippen molar-refractivity contribution in [3.05, 3.63) is 52.5 Å². The number of carbonyl (C=O) groups excluding carboxylic acids is 1. The van der Waals surface area contributed by atoms with Crippen molar-refractivity contribution in [2.45, 2.75) is 26.1 Å². The number of hydrogen-bond donors (Lipinski definition) is 0. The molecule has 1 atom stereocenters. The van der Waals surface area contributed by atoms with Crippen LogP contribution in [0.5, 0.6) is 17.2 Å². The van der Waals surface area contributed by atoms with Crippen LogP contribution >= 0.6 is 11.6 Å². The maximum Gasteiger partial charge on any atom is 0.303 e. The van der Waals surface area contributed by atoms with Crippen LogP contribution in [0.25, 0.3) is 0 Å². The zero-order chi connectivity index (χ0) is 19.9. The highest BCUT2D eigenvalue weighted by molar-refractivity contribution is 6.31. The van der Waals surface area contributed by atoms with Crippen LogP contribution in [-0.2, 0) is 20.9 Å². The van der Waals surface area contributed by atoms with E-state index in [2.05, 4.69) is 0 Å². The molecule has 0 bridgehead atoms. The van der Waals surface area contributed by atoms with Gasteiger partial charge in [-0.2, -0.15) is 0 Å². The molecular weight excluding hydrogens is 384 g/mol. The largest absolute Gasteiger partial charge is 0.493 e. The van der Waals surface area contributed by atoms with E-state index in [0.29, 0.717) is 48.7 Å². The summed E-state index contributed by atoms with van der Waals surface area (Å²) in [7, 11) is 1.66. The first-order valence-corrected chi connectivity index (χ1v) is 9.41. The summed E-state index contributed by atoms with van der Waals surface area (Å²) < 4.78 is 27.3. The molecule has 0 aromatic heterocycles. The topological polar surface area (TPSA) is 63.2 Å². The van der Waals surface area contributed by atoms with Crippen molar-refractivity contribution < 1.29 is 28.5 Å². The third-order valence-corrected chi connectivity index (χ3v) is 4.56. The number of hydrogen-bond acceptors (Lipinski definition) is 6. The molecule has 1 unspecified atom stereocenters. The fourth-order valence-corrected chi connectivity index (χ4v) is 3.06. The van der Waals surface area contributed by atoms with E-state index < -0.39 is 0 Å². The van der Waals surface area contributed by atoms with Gasteiger partial charge in [0.05, 0.1) is 11.6 Å². The van der Waals surface area contributed by atoms with Gasteiger partial charge in [0, 0.05) is 44.3 Å². The first-order chi connectivity index (χ1) is 13.6. The second-order valence-electron chi connectivity index (χ2n) is 6.35. The van der Waals surface area contributed by atoms with Crippen LogP contribution < -0.4 is 14.2 Å². The van der Waals surface area contributed by atoms with Gasteiger partial charge in [-0.25, -0.2) is 0 Å². The molecule has 6 nitrogen and oxygen atoms in total. The van der Waals surface area contributed by atoms with Crippen LogP contribution in [0.4, 0.5) is 0 Å². The van der Waals surface area contributed by atoms with Gasteiger partial charge in [-0.05, 0) is 24.3 Å². The van der Waals surface area contributed by atoms with Crippen LogP contribution in [0.3, 0.4) is 0 Å². The van der Waals surface area contributed by atoms with E-state index in [1.165, 1.54) is 6.92 Å². The van der Waals surface area contributed by atoms with Crippen LogP contribution in [0.2, 0.25) is 5.02 Å². The van der Waals surface area contributed by atoms with Crippen molar-refractivity contribution in [1.29, 1.82) is 0 Å². The summed E-state index contributed by atoms with van der Waals surface area (Å²) in [6.07, 6.45) is 0.449. The number of benzene rings is 2. The van der Waals surface area contributed by atoms with Crippen molar-refractivity contribution in [3.8, 4) is 17.2 Å². The molecule has 0 fully saturated rings. The number of fused-ring (bicyclic) bond motifs is 1. The van der Waals surface area contributed by atoms with Gasteiger partial charge in [0.2, 0.25) is 0 Å². The zero-order valence-corrected chi connectivity index (χ0v) is 16.7. The monoisotopic (exact) mass is 406 g/mol. The van der Waals surface area contributed by atoms with E-state index in [1.54, 1.807) is 19.2 Å².